The Kier molecular flexibility index (Phi) is 4.69. The van der Waals surface area contributed by atoms with E-state index < -0.39 is 0 Å². The first-order valence-electron chi connectivity index (χ1n) is 6.39. The Hall–Kier alpha value is -2.65. The summed E-state index contributed by atoms with van der Waals surface area (Å²) >= 11 is 0. The van der Waals surface area contributed by atoms with Crippen LogP contribution in [-0.2, 0) is 11.3 Å². The second-order valence-corrected chi connectivity index (χ2v) is 4.32. The van der Waals surface area contributed by atoms with Crippen molar-refractivity contribution in [1.82, 2.24) is 4.57 Å². The van der Waals surface area contributed by atoms with Crippen LogP contribution in [0.2, 0.25) is 0 Å². The molecular weight excluding hydrogens is 270 g/mol. The number of hydrogen-bond acceptors (Lipinski definition) is 5. The molecule has 0 fully saturated rings. The number of hydrogen-bond donors (Lipinski definition) is 1. The maximum absolute atomic E-state index is 9.15. The Bertz CT molecular complexity index is 641. The number of nitrogens with zero attached hydrogens (tertiary/aromatic N) is 2. The highest BCUT2D eigenvalue weighted by Gasteiger charge is 2.15. The summed E-state index contributed by atoms with van der Waals surface area (Å²) in [6, 6.07) is 10.8. The Labute approximate surface area is 123 Å². The Morgan fingerprint density at radius 1 is 1.19 bits per heavy atom. The number of aromatic nitrogens is 1. The second-order valence-electron chi connectivity index (χ2n) is 4.32. The molecule has 0 bridgehead atoms. The molecule has 2 N–H and O–H groups in total. The van der Waals surface area contributed by atoms with Gasteiger partial charge < -0.3 is 19.9 Å². The zero-order chi connectivity index (χ0) is 15.2. The van der Waals surface area contributed by atoms with Crippen LogP contribution in [0.1, 0.15) is 5.69 Å². The Balaban J connectivity index is 2.29. The van der Waals surface area contributed by atoms with E-state index in [0.717, 1.165) is 5.75 Å². The lowest BCUT2D eigenvalue weighted by Crippen LogP contribution is -2.08. The van der Waals surface area contributed by atoms with Crippen molar-refractivity contribution in [2.24, 2.45) is 0 Å². The monoisotopic (exact) mass is 287 g/mol. The van der Waals surface area contributed by atoms with Gasteiger partial charge in [-0.15, -0.1) is 0 Å². The van der Waals surface area contributed by atoms with Crippen LogP contribution in [-0.4, -0.2) is 25.4 Å². The minimum absolute atomic E-state index is 0.415. The van der Waals surface area contributed by atoms with E-state index in [-0.39, 0.29) is 0 Å². The fraction of sp³-hybridized carbons (Fsp3) is 0.267. The number of anilines is 1. The van der Waals surface area contributed by atoms with Crippen molar-refractivity contribution in [3.63, 3.8) is 0 Å². The molecule has 1 aromatic heterocycles. The summed E-state index contributed by atoms with van der Waals surface area (Å²) < 4.78 is 17.6. The van der Waals surface area contributed by atoms with Gasteiger partial charge >= 0.3 is 0 Å². The molecule has 0 atom stereocenters. The molecule has 1 aromatic carbocycles. The third-order valence-corrected chi connectivity index (χ3v) is 2.98. The topological polar surface area (TPSA) is 82.4 Å². The van der Waals surface area contributed by atoms with Gasteiger partial charge in [-0.25, -0.2) is 0 Å². The predicted molar refractivity (Wildman–Crippen MR) is 78.5 cm³/mol. The minimum atomic E-state index is 0.415. The van der Waals surface area contributed by atoms with Gasteiger partial charge in [0.2, 0.25) is 5.88 Å². The molecule has 2 aromatic rings. The number of rotatable bonds is 6. The van der Waals surface area contributed by atoms with Crippen LogP contribution in [0.3, 0.4) is 0 Å². The summed E-state index contributed by atoms with van der Waals surface area (Å²) in [5.74, 6) is 1.79. The van der Waals surface area contributed by atoms with E-state index in [2.05, 4.69) is 6.07 Å². The zero-order valence-corrected chi connectivity index (χ0v) is 12.0. The van der Waals surface area contributed by atoms with E-state index in [1.807, 2.05) is 0 Å². The number of methoxy groups -OCH3 is 2. The number of ether oxygens (including phenoxy) is 3. The Morgan fingerprint density at radius 3 is 2.43 bits per heavy atom. The van der Waals surface area contributed by atoms with Crippen molar-refractivity contribution in [2.45, 2.75) is 6.54 Å². The van der Waals surface area contributed by atoms with Gasteiger partial charge in [-0.2, -0.15) is 5.26 Å². The van der Waals surface area contributed by atoms with Crippen molar-refractivity contribution in [3.8, 4) is 23.4 Å². The normalized spacial score (nSPS) is 10.1. The molecule has 0 radical (unpaired) electrons. The molecular formula is C15H17N3O3. The summed E-state index contributed by atoms with van der Waals surface area (Å²) in [5.41, 5.74) is 6.78. The largest absolute Gasteiger partial charge is 0.497 e. The average Bonchev–Trinajstić information content (AvgIpc) is 2.81. The van der Waals surface area contributed by atoms with Crippen molar-refractivity contribution < 1.29 is 14.2 Å². The first-order valence-corrected chi connectivity index (χ1v) is 6.39. The standard InChI is InChI=1S/C15H17N3O3/c1-19-8-7-18-11(10-16)9-14(17)15(18)21-13-5-3-12(20-2)4-6-13/h3-6,9H,7-8,17H2,1-2H3. The molecule has 0 amide bonds. The van der Waals surface area contributed by atoms with Crippen molar-refractivity contribution in [2.75, 3.05) is 26.6 Å². The van der Waals surface area contributed by atoms with Crippen molar-refractivity contribution in [3.05, 3.63) is 36.0 Å². The highest BCUT2D eigenvalue weighted by atomic mass is 16.5. The van der Waals surface area contributed by atoms with E-state index in [1.165, 1.54) is 0 Å². The third kappa shape index (κ3) is 3.27. The van der Waals surface area contributed by atoms with Crippen LogP contribution in [0.25, 0.3) is 0 Å². The molecule has 6 heteroatoms. The van der Waals surface area contributed by atoms with E-state index in [0.29, 0.717) is 36.2 Å². The average molecular weight is 287 g/mol. The van der Waals surface area contributed by atoms with Gasteiger partial charge in [0.05, 0.1) is 25.9 Å². The summed E-state index contributed by atoms with van der Waals surface area (Å²) in [6.07, 6.45) is 0. The lowest BCUT2D eigenvalue weighted by atomic mass is 10.3. The molecule has 6 nitrogen and oxygen atoms in total. The van der Waals surface area contributed by atoms with Gasteiger partial charge in [0.25, 0.3) is 0 Å². The molecule has 0 saturated heterocycles. The van der Waals surface area contributed by atoms with Crippen LogP contribution >= 0.6 is 0 Å². The fourth-order valence-corrected chi connectivity index (χ4v) is 1.92. The van der Waals surface area contributed by atoms with Gasteiger partial charge in [0.1, 0.15) is 23.3 Å². The van der Waals surface area contributed by atoms with E-state index in [9.17, 15) is 0 Å². The van der Waals surface area contributed by atoms with Crippen LogP contribution in [0.4, 0.5) is 5.69 Å². The summed E-state index contributed by atoms with van der Waals surface area (Å²) in [6.45, 7) is 0.948. The second kappa shape index (κ2) is 6.68. The molecule has 0 aliphatic carbocycles. The molecule has 21 heavy (non-hydrogen) atoms. The van der Waals surface area contributed by atoms with Crippen molar-refractivity contribution in [1.29, 1.82) is 5.26 Å². The van der Waals surface area contributed by atoms with Crippen LogP contribution < -0.4 is 15.2 Å². The van der Waals surface area contributed by atoms with Gasteiger partial charge in [0, 0.05) is 13.2 Å². The number of nitriles is 1. The first kappa shape index (κ1) is 14.8. The fourth-order valence-electron chi connectivity index (χ4n) is 1.92. The number of nitrogen functional groups attached to an aromatic ring is 1. The van der Waals surface area contributed by atoms with E-state index in [4.69, 9.17) is 25.2 Å². The van der Waals surface area contributed by atoms with E-state index in [1.54, 1.807) is 49.1 Å². The highest BCUT2D eigenvalue weighted by molar-refractivity contribution is 5.56. The summed E-state index contributed by atoms with van der Waals surface area (Å²) in [5, 5.41) is 9.15. The highest BCUT2D eigenvalue weighted by Crippen LogP contribution is 2.31. The molecule has 0 aliphatic rings. The molecule has 2 rings (SSSR count). The molecule has 0 aliphatic heterocycles. The maximum atomic E-state index is 9.15. The lowest BCUT2D eigenvalue weighted by molar-refractivity contribution is 0.184. The number of benzene rings is 1. The van der Waals surface area contributed by atoms with Gasteiger partial charge in [-0.3, -0.25) is 4.57 Å². The SMILES string of the molecule is COCCn1c(C#N)cc(N)c1Oc1ccc(OC)cc1. The number of nitrogens with two attached hydrogens (primary N) is 1. The maximum Gasteiger partial charge on any atom is 0.224 e. The Morgan fingerprint density at radius 2 is 1.86 bits per heavy atom. The lowest BCUT2D eigenvalue weighted by Gasteiger charge is -2.12. The quantitative estimate of drug-likeness (QED) is 0.882. The zero-order valence-electron chi connectivity index (χ0n) is 12.0. The predicted octanol–water partition coefficient (Wildman–Crippen LogP) is 2.39. The smallest absolute Gasteiger partial charge is 0.224 e. The van der Waals surface area contributed by atoms with Crippen LogP contribution in [0.5, 0.6) is 17.4 Å². The molecule has 0 unspecified atom stereocenters. The minimum Gasteiger partial charge on any atom is -0.497 e. The van der Waals surface area contributed by atoms with E-state index >= 15 is 0 Å². The van der Waals surface area contributed by atoms with Gasteiger partial charge in [-0.05, 0) is 24.3 Å². The summed E-state index contributed by atoms with van der Waals surface area (Å²) in [4.78, 5) is 0. The third-order valence-electron chi connectivity index (χ3n) is 2.98. The van der Waals surface area contributed by atoms with Gasteiger partial charge in [-0.1, -0.05) is 0 Å². The molecule has 0 saturated carbocycles. The van der Waals surface area contributed by atoms with Gasteiger partial charge in [0.15, 0.2) is 0 Å². The van der Waals surface area contributed by atoms with Crippen molar-refractivity contribution >= 4 is 5.69 Å². The summed E-state index contributed by atoms with van der Waals surface area (Å²) in [7, 11) is 3.20. The van der Waals surface area contributed by atoms with Crippen LogP contribution in [0, 0.1) is 11.3 Å². The first-order chi connectivity index (χ1) is 10.2. The van der Waals surface area contributed by atoms with Crippen LogP contribution in [0.15, 0.2) is 30.3 Å². The molecule has 110 valence electrons. The molecule has 0 spiro atoms. The molecule has 1 heterocycles.